The molecule has 0 heterocycles. The van der Waals surface area contributed by atoms with Gasteiger partial charge in [0.1, 0.15) is 5.75 Å². The molecule has 28 heavy (non-hydrogen) atoms. The van der Waals surface area contributed by atoms with Crippen molar-refractivity contribution >= 4 is 23.6 Å². The zero-order chi connectivity index (χ0) is 20.2. The first-order valence-electron chi connectivity index (χ1n) is 9.10. The number of amides is 1. The number of methoxy groups -OCH3 is 1. The lowest BCUT2D eigenvalue weighted by atomic mass is 10.2. The van der Waals surface area contributed by atoms with Crippen LogP contribution in [0.4, 0.5) is 5.69 Å². The Balaban J connectivity index is 1.91. The molecule has 2 rings (SSSR count). The first-order chi connectivity index (χ1) is 13.6. The highest BCUT2D eigenvalue weighted by molar-refractivity contribution is 6.02. The molecular weight excluding hydrogens is 358 g/mol. The van der Waals surface area contributed by atoms with Gasteiger partial charge in [-0.25, -0.2) is 4.79 Å². The highest BCUT2D eigenvalue weighted by Crippen LogP contribution is 2.14. The van der Waals surface area contributed by atoms with Crippen LogP contribution in [0.25, 0.3) is 6.08 Å². The van der Waals surface area contributed by atoms with E-state index in [-0.39, 0.29) is 12.7 Å². The second-order valence-corrected chi connectivity index (χ2v) is 6.01. The highest BCUT2D eigenvalue weighted by atomic mass is 16.7. The number of ether oxygens (including phenoxy) is 3. The summed E-state index contributed by atoms with van der Waals surface area (Å²) >= 11 is 0. The van der Waals surface area contributed by atoms with E-state index in [4.69, 9.17) is 14.2 Å². The molecule has 6 heteroatoms. The molecule has 0 aliphatic heterocycles. The van der Waals surface area contributed by atoms with Gasteiger partial charge in [-0.05, 0) is 48.4 Å². The van der Waals surface area contributed by atoms with E-state index in [9.17, 15) is 9.59 Å². The molecule has 0 fully saturated rings. The van der Waals surface area contributed by atoms with Crippen LogP contribution in [0.3, 0.4) is 0 Å². The predicted molar refractivity (Wildman–Crippen MR) is 108 cm³/mol. The molecule has 2 aromatic carbocycles. The molecule has 0 aromatic heterocycles. The monoisotopic (exact) mass is 383 g/mol. The summed E-state index contributed by atoms with van der Waals surface area (Å²) in [5, 5.41) is 2.74. The van der Waals surface area contributed by atoms with Crippen LogP contribution in [0.1, 0.15) is 35.7 Å². The van der Waals surface area contributed by atoms with Crippen LogP contribution < -0.4 is 10.1 Å². The molecule has 0 atom stereocenters. The average molecular weight is 383 g/mol. The first-order valence-corrected chi connectivity index (χ1v) is 9.10. The van der Waals surface area contributed by atoms with Gasteiger partial charge in [-0.2, -0.15) is 0 Å². The van der Waals surface area contributed by atoms with Crippen molar-refractivity contribution in [2.75, 3.05) is 25.8 Å². The third-order valence-electron chi connectivity index (χ3n) is 3.75. The third-order valence-corrected chi connectivity index (χ3v) is 3.75. The molecule has 0 saturated carbocycles. The number of esters is 1. The van der Waals surface area contributed by atoms with Crippen LogP contribution in [0.2, 0.25) is 0 Å². The van der Waals surface area contributed by atoms with Crippen molar-refractivity contribution in [1.82, 2.24) is 0 Å². The molecule has 1 N–H and O–H groups in total. The summed E-state index contributed by atoms with van der Waals surface area (Å²) in [5.41, 5.74) is 1.79. The quantitative estimate of drug-likeness (QED) is 0.287. The number of unbranched alkanes of at least 4 members (excludes halogenated alkanes) is 1. The summed E-state index contributed by atoms with van der Waals surface area (Å²) < 4.78 is 15.3. The van der Waals surface area contributed by atoms with Crippen molar-refractivity contribution in [3.8, 4) is 5.75 Å². The minimum atomic E-state index is -0.393. The summed E-state index contributed by atoms with van der Waals surface area (Å²) in [6.45, 7) is 2.60. The summed E-state index contributed by atoms with van der Waals surface area (Å²) in [4.78, 5) is 24.1. The molecular formula is C22H25NO5. The molecule has 1 amide bonds. The van der Waals surface area contributed by atoms with Crippen LogP contribution >= 0.6 is 0 Å². The highest BCUT2D eigenvalue weighted by Gasteiger charge is 2.08. The molecule has 0 aliphatic carbocycles. The number of rotatable bonds is 10. The fourth-order valence-electron chi connectivity index (χ4n) is 2.27. The van der Waals surface area contributed by atoms with E-state index in [1.165, 1.54) is 6.08 Å². The first kappa shape index (κ1) is 21.2. The van der Waals surface area contributed by atoms with Crippen LogP contribution in [0.15, 0.2) is 54.6 Å². The Morgan fingerprint density at radius 1 is 1.11 bits per heavy atom. The van der Waals surface area contributed by atoms with Gasteiger partial charge in [0.15, 0.2) is 6.79 Å². The Morgan fingerprint density at radius 2 is 1.89 bits per heavy atom. The van der Waals surface area contributed by atoms with Crippen molar-refractivity contribution in [1.29, 1.82) is 0 Å². The second kappa shape index (κ2) is 11.6. The number of anilines is 1. The van der Waals surface area contributed by atoms with Crippen molar-refractivity contribution in [3.05, 3.63) is 65.7 Å². The van der Waals surface area contributed by atoms with E-state index >= 15 is 0 Å². The standard InChI is InChI=1S/C22H25NO5/c1-3-4-14-27-22(25)18-6-5-7-19(15-18)23-21(24)13-10-17-8-11-20(12-9-17)28-16-26-2/h5-13,15H,3-4,14,16H2,1-2H3,(H,23,24)/b13-10+. The van der Waals surface area contributed by atoms with Crippen LogP contribution in [-0.4, -0.2) is 32.4 Å². The number of hydrogen-bond donors (Lipinski definition) is 1. The molecule has 2 aromatic rings. The van der Waals surface area contributed by atoms with Crippen LogP contribution in [0.5, 0.6) is 5.75 Å². The van der Waals surface area contributed by atoms with Gasteiger partial charge in [-0.1, -0.05) is 31.5 Å². The zero-order valence-electron chi connectivity index (χ0n) is 16.1. The smallest absolute Gasteiger partial charge is 0.338 e. The van der Waals surface area contributed by atoms with E-state index in [0.717, 1.165) is 18.4 Å². The maximum atomic E-state index is 12.1. The van der Waals surface area contributed by atoms with Crippen molar-refractivity contribution in [2.24, 2.45) is 0 Å². The SMILES string of the molecule is CCCCOC(=O)c1cccc(NC(=O)/C=C/c2ccc(OCOC)cc2)c1. The van der Waals surface area contributed by atoms with E-state index in [1.807, 2.05) is 19.1 Å². The normalized spacial score (nSPS) is 10.6. The lowest BCUT2D eigenvalue weighted by Gasteiger charge is -2.07. The van der Waals surface area contributed by atoms with Crippen molar-refractivity contribution < 1.29 is 23.8 Å². The summed E-state index contributed by atoms with van der Waals surface area (Å²) in [7, 11) is 1.56. The number of nitrogens with one attached hydrogen (secondary N) is 1. The van der Waals surface area contributed by atoms with Crippen molar-refractivity contribution in [3.63, 3.8) is 0 Å². The lowest BCUT2D eigenvalue weighted by Crippen LogP contribution is -2.10. The second-order valence-electron chi connectivity index (χ2n) is 6.01. The predicted octanol–water partition coefficient (Wildman–Crippen LogP) is 4.28. The number of hydrogen-bond acceptors (Lipinski definition) is 5. The Hall–Kier alpha value is -3.12. The van der Waals surface area contributed by atoms with Gasteiger partial charge in [0.2, 0.25) is 5.91 Å². The molecule has 0 aliphatic rings. The Bertz CT molecular complexity index is 799. The molecule has 0 saturated heterocycles. The summed E-state index contributed by atoms with van der Waals surface area (Å²) in [6.07, 6.45) is 4.90. The van der Waals surface area contributed by atoms with E-state index in [1.54, 1.807) is 49.6 Å². The maximum Gasteiger partial charge on any atom is 0.338 e. The van der Waals surface area contributed by atoms with Gasteiger partial charge in [-0.3, -0.25) is 4.79 Å². The lowest BCUT2D eigenvalue weighted by molar-refractivity contribution is -0.111. The molecule has 6 nitrogen and oxygen atoms in total. The van der Waals surface area contributed by atoms with Crippen LogP contribution in [-0.2, 0) is 14.3 Å². The topological polar surface area (TPSA) is 73.9 Å². The van der Waals surface area contributed by atoms with Gasteiger partial charge in [0, 0.05) is 18.9 Å². The van der Waals surface area contributed by atoms with Crippen LogP contribution in [0, 0.1) is 0 Å². The summed E-state index contributed by atoms with van der Waals surface area (Å²) in [5.74, 6) is -0.00169. The molecule has 148 valence electrons. The Labute approximate surface area is 165 Å². The van der Waals surface area contributed by atoms with Gasteiger partial charge in [0.25, 0.3) is 0 Å². The Morgan fingerprint density at radius 3 is 2.61 bits per heavy atom. The average Bonchev–Trinajstić information content (AvgIpc) is 2.72. The van der Waals surface area contributed by atoms with E-state index in [2.05, 4.69) is 5.32 Å². The molecule has 0 spiro atoms. The van der Waals surface area contributed by atoms with Gasteiger partial charge in [0.05, 0.1) is 12.2 Å². The van der Waals surface area contributed by atoms with E-state index < -0.39 is 5.97 Å². The minimum Gasteiger partial charge on any atom is -0.468 e. The number of carbonyl (C=O) groups excluding carboxylic acids is 2. The maximum absolute atomic E-state index is 12.1. The fourth-order valence-corrected chi connectivity index (χ4v) is 2.27. The fraction of sp³-hybridized carbons (Fsp3) is 0.273. The van der Waals surface area contributed by atoms with Gasteiger partial charge in [-0.15, -0.1) is 0 Å². The minimum absolute atomic E-state index is 0.183. The largest absolute Gasteiger partial charge is 0.468 e. The van der Waals surface area contributed by atoms with Crippen molar-refractivity contribution in [2.45, 2.75) is 19.8 Å². The van der Waals surface area contributed by atoms with E-state index in [0.29, 0.717) is 23.6 Å². The van der Waals surface area contributed by atoms with Gasteiger partial charge < -0.3 is 19.5 Å². The third kappa shape index (κ3) is 7.25. The molecule has 0 unspecified atom stereocenters. The number of benzene rings is 2. The molecule has 0 radical (unpaired) electrons. The Kier molecular flexibility index (Phi) is 8.75. The number of carbonyl (C=O) groups is 2. The zero-order valence-corrected chi connectivity index (χ0v) is 16.1. The van der Waals surface area contributed by atoms with Gasteiger partial charge >= 0.3 is 5.97 Å². The summed E-state index contributed by atoms with van der Waals surface area (Å²) in [6, 6.07) is 13.9. The molecule has 0 bridgehead atoms.